The summed E-state index contributed by atoms with van der Waals surface area (Å²) in [5.41, 5.74) is 8.62. The van der Waals surface area contributed by atoms with E-state index in [2.05, 4.69) is 55.2 Å². The largest absolute Gasteiger partial charge is 0.512 e. The quantitative estimate of drug-likeness (QED) is 0.153. The van der Waals surface area contributed by atoms with Gasteiger partial charge in [-0.25, -0.2) is 8.77 Å². The Kier molecular flexibility index (Phi) is 7.48. The summed E-state index contributed by atoms with van der Waals surface area (Å²) in [7, 11) is 4.15. The maximum Gasteiger partial charge on any atom is 0.155 e. The summed E-state index contributed by atoms with van der Waals surface area (Å²) in [6.45, 7) is 11.3. The van der Waals surface area contributed by atoms with E-state index in [1.54, 1.807) is 11.5 Å². The molecule has 4 aromatic rings. The molecule has 4 rings (SSSR count). The van der Waals surface area contributed by atoms with Gasteiger partial charge in [0.15, 0.2) is 5.78 Å². The number of imidazole rings is 1. The van der Waals surface area contributed by atoms with Crippen LogP contribution in [0.1, 0.15) is 30.5 Å². The maximum atomic E-state index is 10.0. The zero-order valence-corrected chi connectivity index (χ0v) is 20.6. The molecule has 30 heavy (non-hydrogen) atoms. The number of aliphatic hydroxyl groups is 1. The number of hydrogen-bond acceptors (Lipinski definition) is 4. The van der Waals surface area contributed by atoms with Gasteiger partial charge in [-0.05, 0) is 32.9 Å². The molecule has 1 N–H and O–H groups in total. The van der Waals surface area contributed by atoms with Crippen molar-refractivity contribution in [2.24, 2.45) is 0 Å². The number of aliphatic hydroxyl groups excluding tert-OH is 1. The van der Waals surface area contributed by atoms with E-state index in [0.29, 0.717) is 0 Å². The van der Waals surface area contributed by atoms with Crippen molar-refractivity contribution in [2.75, 3.05) is 0 Å². The molecular weight excluding hydrogens is 575 g/mol. The van der Waals surface area contributed by atoms with Crippen molar-refractivity contribution in [3.8, 4) is 11.3 Å². The first-order chi connectivity index (χ1) is 13.7. The van der Waals surface area contributed by atoms with E-state index in [4.69, 9.17) is 10.1 Å². The molecular formula is C23H24IrN3O2S-. The fraction of sp³-hybridized carbons (Fsp3) is 0.174. The second kappa shape index (κ2) is 9.47. The summed E-state index contributed by atoms with van der Waals surface area (Å²) in [6, 6.07) is 8.42. The minimum Gasteiger partial charge on any atom is -0.512 e. The van der Waals surface area contributed by atoms with Crippen LogP contribution in [-0.4, -0.2) is 19.7 Å². The Bertz CT molecular complexity index is 1250. The van der Waals surface area contributed by atoms with Gasteiger partial charge >= 0.3 is 0 Å². The average molecular weight is 599 g/mol. The van der Waals surface area contributed by atoms with Crippen LogP contribution in [0.4, 0.5) is 0 Å². The summed E-state index contributed by atoms with van der Waals surface area (Å²) in [5.74, 6) is -0.0625. The minimum atomic E-state index is -0.125. The Labute approximate surface area is 194 Å². The molecule has 159 valence electrons. The normalized spacial score (nSPS) is 11.1. The van der Waals surface area contributed by atoms with Crippen LogP contribution in [0.15, 0.2) is 47.7 Å². The Morgan fingerprint density at radius 1 is 1.27 bits per heavy atom. The number of rotatable bonds is 2. The van der Waals surface area contributed by atoms with Crippen molar-refractivity contribution in [3.63, 3.8) is 0 Å². The second-order valence-electron chi connectivity index (χ2n) is 7.04. The van der Waals surface area contributed by atoms with Gasteiger partial charge in [0.2, 0.25) is 0 Å². The fourth-order valence-corrected chi connectivity index (χ4v) is 4.06. The predicted octanol–water partition coefficient (Wildman–Crippen LogP) is 4.98. The van der Waals surface area contributed by atoms with E-state index in [0.717, 1.165) is 33.5 Å². The third-order valence-corrected chi connectivity index (χ3v) is 5.34. The molecule has 0 aliphatic rings. The Hall–Kier alpha value is -2.60. The van der Waals surface area contributed by atoms with Crippen molar-refractivity contribution >= 4 is 34.0 Å². The molecule has 3 aromatic heterocycles. The van der Waals surface area contributed by atoms with E-state index in [1.165, 1.54) is 31.1 Å². The topological polar surface area (TPSA) is 58.5 Å². The number of carbonyl (C=O) groups is 1. The zero-order chi connectivity index (χ0) is 21.3. The fourth-order valence-electron chi connectivity index (χ4n) is 3.28. The Balaban J connectivity index is 0.000000350. The van der Waals surface area contributed by atoms with Crippen molar-refractivity contribution in [3.05, 3.63) is 78.3 Å². The number of fused-ring (bicyclic) bond motifs is 3. The van der Waals surface area contributed by atoms with Gasteiger partial charge in [-0.3, -0.25) is 4.79 Å². The number of hydrogen-bond donors (Lipinski definition) is 1. The molecule has 0 aliphatic carbocycles. The van der Waals surface area contributed by atoms with Crippen LogP contribution in [0.25, 0.3) is 27.9 Å². The Morgan fingerprint density at radius 3 is 2.57 bits per heavy atom. The monoisotopic (exact) mass is 599 g/mol. The molecule has 0 aliphatic heterocycles. The van der Waals surface area contributed by atoms with Crippen molar-refractivity contribution in [2.45, 2.75) is 27.7 Å². The third-order valence-electron chi connectivity index (χ3n) is 4.49. The van der Waals surface area contributed by atoms with Crippen LogP contribution in [0.2, 0.25) is 0 Å². The van der Waals surface area contributed by atoms with E-state index in [9.17, 15) is 4.79 Å². The standard InChI is InChI=1S/C18H16N3S.C5H8O2.Ir/c1-11-9-12(2)13(3)14(10-11)18-17-15(5-7-20(18)4)21-16(19-17)6-8-22-21;1-4(6)3-5(2)7;/h5-10H,3-4H2,1-2H3;3,6H,1-2H3;/q-1;;/b;4-3-;. The number of aryl methyl sites for hydroxylation is 2. The van der Waals surface area contributed by atoms with E-state index in [1.807, 2.05) is 16.8 Å². The molecule has 5 nitrogen and oxygen atoms in total. The van der Waals surface area contributed by atoms with Crippen LogP contribution in [0, 0.1) is 27.8 Å². The second-order valence-corrected chi connectivity index (χ2v) is 7.89. The van der Waals surface area contributed by atoms with Crippen LogP contribution in [0.5, 0.6) is 0 Å². The smallest absolute Gasteiger partial charge is 0.155 e. The summed E-state index contributed by atoms with van der Waals surface area (Å²) < 4.78 is 4.03. The average Bonchev–Trinajstić information content (AvgIpc) is 3.19. The number of nitrogens with zero attached hydrogens (tertiary/aromatic N) is 3. The maximum absolute atomic E-state index is 10.0. The number of ketones is 1. The van der Waals surface area contributed by atoms with E-state index < -0.39 is 0 Å². The summed E-state index contributed by atoms with van der Waals surface area (Å²) in [5, 5.41) is 10.4. The van der Waals surface area contributed by atoms with Gasteiger partial charge in [-0.15, -0.1) is 17.7 Å². The van der Waals surface area contributed by atoms with Gasteiger partial charge in [0.1, 0.15) is 5.65 Å². The number of aromatic nitrogens is 3. The molecule has 0 fully saturated rings. The van der Waals surface area contributed by atoms with Crippen LogP contribution in [0.3, 0.4) is 0 Å². The molecule has 0 bridgehead atoms. The van der Waals surface area contributed by atoms with Gasteiger partial charge < -0.3 is 9.67 Å². The van der Waals surface area contributed by atoms with E-state index in [-0.39, 0.29) is 31.6 Å². The third kappa shape index (κ3) is 4.75. The van der Waals surface area contributed by atoms with Crippen LogP contribution >= 0.6 is 11.5 Å². The zero-order valence-electron chi connectivity index (χ0n) is 17.4. The first-order valence-corrected chi connectivity index (χ1v) is 9.95. The summed E-state index contributed by atoms with van der Waals surface area (Å²) in [4.78, 5) is 14.8. The molecule has 0 amide bonds. The number of carbonyl (C=O) groups excluding carboxylic acids is 1. The molecule has 1 aromatic carbocycles. The Morgan fingerprint density at radius 2 is 1.97 bits per heavy atom. The van der Waals surface area contributed by atoms with Gasteiger partial charge in [0, 0.05) is 38.6 Å². The van der Waals surface area contributed by atoms with Gasteiger partial charge in [0.05, 0.1) is 28.7 Å². The van der Waals surface area contributed by atoms with Crippen molar-refractivity contribution in [1.82, 2.24) is 8.77 Å². The molecule has 0 spiro atoms. The first kappa shape index (κ1) is 23.7. The van der Waals surface area contributed by atoms with Crippen LogP contribution < -0.4 is 4.57 Å². The first-order valence-electron chi connectivity index (χ1n) is 9.12. The molecule has 7 heteroatoms. The summed E-state index contributed by atoms with van der Waals surface area (Å²) in [6.07, 6.45) is 3.16. The van der Waals surface area contributed by atoms with Gasteiger partial charge in [0.25, 0.3) is 0 Å². The molecule has 0 unspecified atom stereocenters. The van der Waals surface area contributed by atoms with Crippen molar-refractivity contribution < 1.29 is 34.6 Å². The number of benzene rings is 1. The minimum absolute atomic E-state index is 0. The predicted molar refractivity (Wildman–Crippen MR) is 118 cm³/mol. The molecule has 0 saturated carbocycles. The molecule has 3 heterocycles. The van der Waals surface area contributed by atoms with Gasteiger partial charge in [-0.1, -0.05) is 24.0 Å². The molecule has 1 radical (unpaired) electrons. The van der Waals surface area contributed by atoms with E-state index >= 15 is 0 Å². The SMILES string of the molecule is CC(=O)/C=C(/C)O.[CH2-]c1c(C)cc(C)cc1-c1c2nc3ccsn3c2cc[n+]1[CH2-].[Ir]. The number of pyridine rings is 1. The van der Waals surface area contributed by atoms with Crippen LogP contribution in [-0.2, 0) is 24.9 Å². The molecule has 0 saturated heterocycles. The van der Waals surface area contributed by atoms with Gasteiger partial charge in [-0.2, -0.15) is 18.1 Å². The summed E-state index contributed by atoms with van der Waals surface area (Å²) >= 11 is 1.65. The van der Waals surface area contributed by atoms with Crippen molar-refractivity contribution in [1.29, 1.82) is 0 Å². The molecule has 0 atom stereocenters. The number of allylic oxidation sites excluding steroid dienone is 2.